The number of fused-ring (bicyclic) bond motifs is 1. The maximum Gasteiger partial charge on any atom is 0.308 e. The highest BCUT2D eigenvalue weighted by Crippen LogP contribution is 2.62. The summed E-state index contributed by atoms with van der Waals surface area (Å²) in [6.45, 7) is 6.07. The predicted molar refractivity (Wildman–Crippen MR) is 109 cm³/mol. The first-order chi connectivity index (χ1) is 13.7. The molecule has 0 spiro atoms. The number of rotatable bonds is 7. The van der Waals surface area contributed by atoms with Gasteiger partial charge in [-0.25, -0.2) is 4.99 Å². The second-order valence-electron chi connectivity index (χ2n) is 8.42. The van der Waals surface area contributed by atoms with Gasteiger partial charge in [0.15, 0.2) is 5.60 Å². The van der Waals surface area contributed by atoms with Crippen LogP contribution in [0.5, 0.6) is 5.75 Å². The van der Waals surface area contributed by atoms with Crippen molar-refractivity contribution in [3.8, 4) is 5.75 Å². The van der Waals surface area contributed by atoms with Gasteiger partial charge in [0.05, 0.1) is 31.8 Å². The van der Waals surface area contributed by atoms with E-state index in [0.717, 1.165) is 32.2 Å². The van der Waals surface area contributed by atoms with E-state index in [-0.39, 0.29) is 23.0 Å². The van der Waals surface area contributed by atoms with E-state index < -0.39 is 18.1 Å². The van der Waals surface area contributed by atoms with Crippen LogP contribution in [0.15, 0.2) is 11.1 Å². The molecule has 1 atom stereocenters. The maximum atomic E-state index is 15.2. The van der Waals surface area contributed by atoms with Crippen LogP contribution in [-0.4, -0.2) is 49.8 Å². The van der Waals surface area contributed by atoms with Crippen LogP contribution in [-0.2, 0) is 16.3 Å². The molecule has 0 bridgehead atoms. The smallest absolute Gasteiger partial charge is 0.308 e. The summed E-state index contributed by atoms with van der Waals surface area (Å²) < 4.78 is 41.5. The average Bonchev–Trinajstić information content (AvgIpc) is 2.71. The van der Waals surface area contributed by atoms with Crippen molar-refractivity contribution < 1.29 is 23.4 Å². The third-order valence-electron chi connectivity index (χ3n) is 6.37. The Morgan fingerprint density at radius 2 is 1.93 bits per heavy atom. The second-order valence-corrected chi connectivity index (χ2v) is 8.42. The molecule has 1 unspecified atom stereocenters. The molecule has 0 radical (unpaired) electrons. The van der Waals surface area contributed by atoms with Crippen LogP contribution in [0.2, 0.25) is 0 Å². The molecule has 1 N–H and O–H groups in total. The largest absolute Gasteiger partial charge is 0.496 e. The first-order valence-electron chi connectivity index (χ1n) is 10.3. The Balaban J connectivity index is 1.90. The minimum Gasteiger partial charge on any atom is -0.496 e. The highest BCUT2D eigenvalue weighted by Gasteiger charge is 2.68. The molecule has 29 heavy (non-hydrogen) atoms. The molecule has 0 amide bonds. The van der Waals surface area contributed by atoms with E-state index >= 15 is 8.78 Å². The monoisotopic (exact) mass is 410 g/mol. The quantitative estimate of drug-likeness (QED) is 0.531. The summed E-state index contributed by atoms with van der Waals surface area (Å²) in [7, 11) is 3.27. The van der Waals surface area contributed by atoms with Gasteiger partial charge in [-0.05, 0) is 51.0 Å². The topological polar surface area (TPSA) is 54.3 Å². The number of benzene rings is 1. The molecule has 7 heteroatoms. The highest BCUT2D eigenvalue weighted by atomic mass is 19.3. The van der Waals surface area contributed by atoms with Gasteiger partial charge in [0.2, 0.25) is 0 Å². The Morgan fingerprint density at radius 3 is 2.52 bits per heavy atom. The van der Waals surface area contributed by atoms with Gasteiger partial charge in [-0.1, -0.05) is 6.92 Å². The molecular weight excluding hydrogens is 378 g/mol. The normalized spacial score (nSPS) is 28.1. The number of aliphatic hydroxyl groups is 1. The van der Waals surface area contributed by atoms with Crippen molar-refractivity contribution in [3.63, 3.8) is 0 Å². The molecule has 1 aromatic carbocycles. The SMILES string of the molecule is CCN(C)C=Nc1cc(OC)c2c(c1C)C(F)(F)C2(O)COC1CCC(C)CC1. The summed E-state index contributed by atoms with van der Waals surface area (Å²) >= 11 is 0. The third-order valence-corrected chi connectivity index (χ3v) is 6.37. The number of ether oxygens (including phenoxy) is 2. The number of halogens is 2. The van der Waals surface area contributed by atoms with Crippen LogP contribution in [0.4, 0.5) is 14.5 Å². The van der Waals surface area contributed by atoms with Crippen LogP contribution >= 0.6 is 0 Å². The first-order valence-corrected chi connectivity index (χ1v) is 10.3. The summed E-state index contributed by atoms with van der Waals surface area (Å²) in [5, 5.41) is 11.0. The molecule has 3 rings (SSSR count). The summed E-state index contributed by atoms with van der Waals surface area (Å²) in [6, 6.07) is 1.61. The van der Waals surface area contributed by atoms with Gasteiger partial charge >= 0.3 is 5.92 Å². The van der Waals surface area contributed by atoms with E-state index in [4.69, 9.17) is 9.47 Å². The molecule has 5 nitrogen and oxygen atoms in total. The minimum absolute atomic E-state index is 0.0874. The number of methoxy groups -OCH3 is 1. The van der Waals surface area contributed by atoms with E-state index in [0.29, 0.717) is 17.2 Å². The molecule has 0 heterocycles. The molecule has 0 aliphatic heterocycles. The highest BCUT2D eigenvalue weighted by molar-refractivity contribution is 5.71. The Morgan fingerprint density at radius 1 is 1.28 bits per heavy atom. The van der Waals surface area contributed by atoms with Gasteiger partial charge in [0.1, 0.15) is 5.75 Å². The molecule has 2 aliphatic carbocycles. The van der Waals surface area contributed by atoms with E-state index in [2.05, 4.69) is 11.9 Å². The number of hydrogen-bond acceptors (Lipinski definition) is 4. The number of nitrogens with zero attached hydrogens (tertiary/aromatic N) is 2. The molecule has 162 valence electrons. The first kappa shape index (κ1) is 22.0. The van der Waals surface area contributed by atoms with Gasteiger partial charge in [-0.15, -0.1) is 0 Å². The van der Waals surface area contributed by atoms with Gasteiger partial charge in [0, 0.05) is 30.8 Å². The Bertz CT molecular complexity index is 776. The lowest BCUT2D eigenvalue weighted by Gasteiger charge is -2.48. The Kier molecular flexibility index (Phi) is 6.20. The summed E-state index contributed by atoms with van der Waals surface area (Å²) in [5.74, 6) is -2.58. The Hall–Kier alpha value is -1.73. The number of alkyl halides is 2. The van der Waals surface area contributed by atoms with E-state index in [1.807, 2.05) is 18.9 Å². The van der Waals surface area contributed by atoms with E-state index in [9.17, 15) is 5.11 Å². The molecule has 2 aliphatic rings. The van der Waals surface area contributed by atoms with E-state index in [1.165, 1.54) is 7.11 Å². The fourth-order valence-electron chi connectivity index (χ4n) is 4.18. The van der Waals surface area contributed by atoms with Crippen LogP contribution in [0, 0.1) is 12.8 Å². The van der Waals surface area contributed by atoms with Crippen LogP contribution < -0.4 is 4.74 Å². The zero-order valence-corrected chi connectivity index (χ0v) is 18.0. The lowest BCUT2D eigenvalue weighted by Crippen LogP contribution is -2.57. The van der Waals surface area contributed by atoms with Crippen LogP contribution in [0.25, 0.3) is 0 Å². The minimum atomic E-state index is -3.43. The second kappa shape index (κ2) is 8.19. The van der Waals surface area contributed by atoms with Crippen molar-refractivity contribution >= 4 is 12.0 Å². The summed E-state index contributed by atoms with van der Waals surface area (Å²) in [6.07, 6.45) is 5.23. The predicted octanol–water partition coefficient (Wildman–Crippen LogP) is 4.50. The maximum absolute atomic E-state index is 15.2. The van der Waals surface area contributed by atoms with Crippen LogP contribution in [0.1, 0.15) is 56.2 Å². The zero-order valence-electron chi connectivity index (χ0n) is 18.0. The summed E-state index contributed by atoms with van der Waals surface area (Å²) in [5.41, 5.74) is -1.71. The number of hydrogen-bond donors (Lipinski definition) is 1. The summed E-state index contributed by atoms with van der Waals surface area (Å²) in [4.78, 5) is 6.18. The van der Waals surface area contributed by atoms with Gasteiger partial charge in [0.25, 0.3) is 0 Å². The Labute approximate surface area is 171 Å². The molecule has 0 saturated heterocycles. The lowest BCUT2D eigenvalue weighted by molar-refractivity contribution is -0.255. The molecular formula is C22H32F2N2O3. The third kappa shape index (κ3) is 3.75. The van der Waals surface area contributed by atoms with Crippen molar-refractivity contribution in [1.82, 2.24) is 4.90 Å². The van der Waals surface area contributed by atoms with Gasteiger partial charge in [-0.2, -0.15) is 8.78 Å². The van der Waals surface area contributed by atoms with E-state index in [1.54, 1.807) is 19.3 Å². The number of aliphatic imine (C=N–C) groups is 1. The molecule has 0 aromatic heterocycles. The standard InChI is InChI=1S/C22H32F2N2O3/c1-6-26(4)13-25-17-11-18(28-5)20-19(15(17)3)22(23,24)21(20,27)12-29-16-9-7-14(2)8-10-16/h11,13-14,16,27H,6-10,12H2,1-5H3. The zero-order chi connectivity index (χ0) is 21.4. The molecule has 1 saturated carbocycles. The van der Waals surface area contributed by atoms with Crippen molar-refractivity contribution in [2.45, 2.75) is 64.1 Å². The fourth-order valence-corrected chi connectivity index (χ4v) is 4.18. The van der Waals surface area contributed by atoms with Crippen LogP contribution in [0.3, 0.4) is 0 Å². The average molecular weight is 411 g/mol. The van der Waals surface area contributed by atoms with Crippen molar-refractivity contribution in [2.24, 2.45) is 10.9 Å². The van der Waals surface area contributed by atoms with Crippen molar-refractivity contribution in [1.29, 1.82) is 0 Å². The van der Waals surface area contributed by atoms with Gasteiger partial charge < -0.3 is 19.5 Å². The molecule has 1 fully saturated rings. The lowest BCUT2D eigenvalue weighted by atomic mass is 9.67. The van der Waals surface area contributed by atoms with Crippen molar-refractivity contribution in [3.05, 3.63) is 22.8 Å². The fraction of sp³-hybridized carbons (Fsp3) is 0.682. The molecule has 1 aromatic rings. The van der Waals surface area contributed by atoms with Crippen molar-refractivity contribution in [2.75, 3.05) is 27.3 Å². The van der Waals surface area contributed by atoms with Gasteiger partial charge in [-0.3, -0.25) is 0 Å².